The zero-order valence-corrected chi connectivity index (χ0v) is 13.6. The van der Waals surface area contributed by atoms with Gasteiger partial charge in [0.2, 0.25) is 0 Å². The summed E-state index contributed by atoms with van der Waals surface area (Å²) in [5.41, 5.74) is 3.07. The lowest BCUT2D eigenvalue weighted by atomic mass is 9.97. The molecule has 3 heterocycles. The molecule has 0 saturated carbocycles. The highest BCUT2D eigenvalue weighted by molar-refractivity contribution is 7.80. The van der Waals surface area contributed by atoms with Gasteiger partial charge in [0.1, 0.15) is 17.9 Å². The summed E-state index contributed by atoms with van der Waals surface area (Å²) in [7, 11) is -3.22. The standard InChI is InChI=1S/C11H16N6O6S/c1-3-12-10(14-19)9-8-6(4-13-15(8)2)7-5-16(9)11(18)17(7)23-24(20,21)22/h4,7,9,19H,3,5H2,1-2H3,(H,12,14)(H,20,21,22)/t7-,9-/m0/s1. The van der Waals surface area contributed by atoms with Crippen LogP contribution in [0.25, 0.3) is 0 Å². The number of nitrogens with one attached hydrogen (secondary N) is 1. The van der Waals surface area contributed by atoms with Crippen LogP contribution in [0.4, 0.5) is 4.79 Å². The molecule has 12 nitrogen and oxygen atoms in total. The van der Waals surface area contributed by atoms with Gasteiger partial charge in [0.25, 0.3) is 0 Å². The first-order valence-electron chi connectivity index (χ1n) is 7.01. The van der Waals surface area contributed by atoms with Crippen LogP contribution in [0.3, 0.4) is 0 Å². The van der Waals surface area contributed by atoms with Crippen molar-refractivity contribution in [3.05, 3.63) is 17.5 Å². The molecule has 132 valence electrons. The molecule has 1 aromatic heterocycles. The van der Waals surface area contributed by atoms with E-state index in [-0.39, 0.29) is 12.4 Å². The van der Waals surface area contributed by atoms with Crippen molar-refractivity contribution in [2.75, 3.05) is 13.1 Å². The second-order valence-corrected chi connectivity index (χ2v) is 6.27. The molecular formula is C11H16N6O6S. The molecule has 2 aliphatic heterocycles. The predicted octanol–water partition coefficient (Wildman–Crippen LogP) is -0.615. The lowest BCUT2D eigenvalue weighted by molar-refractivity contribution is -0.0316. The Morgan fingerprint density at radius 3 is 2.88 bits per heavy atom. The lowest BCUT2D eigenvalue weighted by Gasteiger charge is -2.31. The number of aliphatic imine (C=N–C) groups is 1. The molecule has 3 N–H and O–H groups in total. The number of aryl methyl sites for hydroxylation is 1. The second-order valence-electron chi connectivity index (χ2n) is 5.26. The molecule has 0 spiro atoms. The molecule has 24 heavy (non-hydrogen) atoms. The molecular weight excluding hydrogens is 344 g/mol. The average Bonchev–Trinajstić information content (AvgIpc) is 3.00. The van der Waals surface area contributed by atoms with Crippen molar-refractivity contribution >= 4 is 22.3 Å². The smallest absolute Gasteiger partial charge is 0.304 e. The molecule has 0 unspecified atom stereocenters. The van der Waals surface area contributed by atoms with Crippen LogP contribution in [0.1, 0.15) is 30.3 Å². The summed E-state index contributed by atoms with van der Waals surface area (Å²) in [4.78, 5) is 17.9. The monoisotopic (exact) mass is 360 g/mol. The maximum absolute atomic E-state index is 12.5. The highest BCUT2D eigenvalue weighted by Gasteiger charge is 2.53. The molecule has 2 atom stereocenters. The zero-order valence-electron chi connectivity index (χ0n) is 12.8. The van der Waals surface area contributed by atoms with E-state index in [4.69, 9.17) is 4.55 Å². The lowest BCUT2D eigenvalue weighted by Crippen LogP contribution is -2.43. The van der Waals surface area contributed by atoms with E-state index in [2.05, 4.69) is 14.4 Å². The van der Waals surface area contributed by atoms with Crippen molar-refractivity contribution < 1.29 is 27.3 Å². The highest BCUT2D eigenvalue weighted by atomic mass is 32.3. The summed E-state index contributed by atoms with van der Waals surface area (Å²) >= 11 is 0. The first kappa shape index (κ1) is 16.6. The summed E-state index contributed by atoms with van der Waals surface area (Å²) in [5.74, 6) is 0.114. The minimum absolute atomic E-state index is 0.0854. The Kier molecular flexibility index (Phi) is 3.95. The van der Waals surface area contributed by atoms with Crippen molar-refractivity contribution in [2.45, 2.75) is 19.0 Å². The zero-order chi connectivity index (χ0) is 17.6. The molecule has 2 amide bonds. The van der Waals surface area contributed by atoms with Gasteiger partial charge in [-0.25, -0.2) is 4.79 Å². The third kappa shape index (κ3) is 2.50. The number of fused-ring (bicyclic) bond motifs is 4. The second kappa shape index (κ2) is 5.70. The van der Waals surface area contributed by atoms with Crippen molar-refractivity contribution in [3.8, 4) is 0 Å². The summed E-state index contributed by atoms with van der Waals surface area (Å²) in [6.07, 6.45) is 1.48. The SMILES string of the molecule is CCN=C(NO)[C@@H]1c2c(cnn2C)[C@@H]2CN1C(=O)N2OS(=O)(=O)O. The van der Waals surface area contributed by atoms with E-state index in [0.717, 1.165) is 0 Å². The Bertz CT molecular complexity index is 804. The van der Waals surface area contributed by atoms with Crippen molar-refractivity contribution in [1.82, 2.24) is 25.2 Å². The van der Waals surface area contributed by atoms with Gasteiger partial charge in [-0.05, 0) is 6.92 Å². The molecule has 1 fully saturated rings. The molecule has 0 aromatic carbocycles. The van der Waals surface area contributed by atoms with Gasteiger partial charge in [-0.2, -0.15) is 18.6 Å². The van der Waals surface area contributed by atoms with Crippen LogP contribution < -0.4 is 5.48 Å². The van der Waals surface area contributed by atoms with Crippen LogP contribution in [0.5, 0.6) is 0 Å². The van der Waals surface area contributed by atoms with Gasteiger partial charge >= 0.3 is 16.4 Å². The van der Waals surface area contributed by atoms with Crippen LogP contribution in [-0.4, -0.2) is 62.9 Å². The van der Waals surface area contributed by atoms with Gasteiger partial charge in [-0.1, -0.05) is 0 Å². The molecule has 2 aliphatic rings. The largest absolute Gasteiger partial charge is 0.418 e. The molecule has 13 heteroatoms. The number of aromatic nitrogens is 2. The van der Waals surface area contributed by atoms with E-state index in [0.29, 0.717) is 22.9 Å². The summed E-state index contributed by atoms with van der Waals surface area (Å²) in [6, 6.07) is -2.34. The van der Waals surface area contributed by atoms with Gasteiger partial charge in [-0.3, -0.25) is 24.9 Å². The van der Waals surface area contributed by atoms with Gasteiger partial charge < -0.3 is 4.90 Å². The van der Waals surface area contributed by atoms with Crippen LogP contribution in [0.2, 0.25) is 0 Å². The predicted molar refractivity (Wildman–Crippen MR) is 78.2 cm³/mol. The fraction of sp³-hybridized carbons (Fsp3) is 0.545. The summed E-state index contributed by atoms with van der Waals surface area (Å²) < 4.78 is 36.9. The number of carbonyl (C=O) groups is 1. The first-order chi connectivity index (χ1) is 11.3. The van der Waals surface area contributed by atoms with Gasteiger partial charge in [-0.15, -0.1) is 4.28 Å². The van der Waals surface area contributed by atoms with E-state index in [1.54, 1.807) is 14.0 Å². The average molecular weight is 360 g/mol. The van der Waals surface area contributed by atoms with Gasteiger partial charge in [0, 0.05) is 19.2 Å². The van der Waals surface area contributed by atoms with E-state index in [9.17, 15) is 18.4 Å². The summed E-state index contributed by atoms with van der Waals surface area (Å²) in [5, 5.41) is 14.1. The number of amides is 2. The molecule has 1 aromatic rings. The summed E-state index contributed by atoms with van der Waals surface area (Å²) in [6.45, 7) is 2.19. The number of amidine groups is 1. The minimum atomic E-state index is -4.87. The van der Waals surface area contributed by atoms with Crippen LogP contribution in [-0.2, 0) is 21.7 Å². The van der Waals surface area contributed by atoms with Crippen LogP contribution in [0, 0.1) is 0 Å². The van der Waals surface area contributed by atoms with E-state index in [1.807, 2.05) is 5.48 Å². The third-order valence-corrected chi connectivity index (χ3v) is 4.26. The van der Waals surface area contributed by atoms with E-state index in [1.165, 1.54) is 15.8 Å². The number of nitrogens with zero attached hydrogens (tertiary/aromatic N) is 5. The number of urea groups is 1. The fourth-order valence-corrected chi connectivity index (χ4v) is 3.43. The Hall–Kier alpha value is -2.22. The van der Waals surface area contributed by atoms with Crippen LogP contribution in [0.15, 0.2) is 11.2 Å². The topological polar surface area (TPSA) is 150 Å². The van der Waals surface area contributed by atoms with E-state index >= 15 is 0 Å². The Labute approximate surface area is 137 Å². The maximum atomic E-state index is 12.5. The highest BCUT2D eigenvalue weighted by Crippen LogP contribution is 2.44. The molecule has 0 aliphatic carbocycles. The van der Waals surface area contributed by atoms with Crippen molar-refractivity contribution in [1.29, 1.82) is 0 Å². The fourth-order valence-electron chi connectivity index (χ4n) is 3.06. The number of rotatable bonds is 4. The third-order valence-electron chi connectivity index (χ3n) is 3.91. The number of hydrogen-bond acceptors (Lipinski definition) is 7. The molecule has 2 bridgehead atoms. The van der Waals surface area contributed by atoms with Crippen LogP contribution >= 0.6 is 0 Å². The number of carbonyl (C=O) groups excluding carboxylic acids is 1. The van der Waals surface area contributed by atoms with Gasteiger partial charge in [0.05, 0.1) is 18.4 Å². The molecule has 3 rings (SSSR count). The first-order valence-corrected chi connectivity index (χ1v) is 8.38. The maximum Gasteiger partial charge on any atom is 0.418 e. The van der Waals surface area contributed by atoms with E-state index < -0.39 is 28.5 Å². The van der Waals surface area contributed by atoms with Crippen molar-refractivity contribution in [2.24, 2.45) is 12.0 Å². The Morgan fingerprint density at radius 2 is 2.29 bits per heavy atom. The van der Waals surface area contributed by atoms with Crippen molar-refractivity contribution in [3.63, 3.8) is 0 Å². The van der Waals surface area contributed by atoms with Gasteiger partial charge in [0.15, 0.2) is 0 Å². The normalized spacial score (nSPS) is 23.7. The Morgan fingerprint density at radius 1 is 1.58 bits per heavy atom. The number of hydrogen-bond donors (Lipinski definition) is 3. The number of hydroxylamine groups is 3. The molecule has 1 saturated heterocycles. The molecule has 0 radical (unpaired) electrons. The Balaban J connectivity index is 2.12. The quantitative estimate of drug-likeness (QED) is 0.278. The minimum Gasteiger partial charge on any atom is -0.304 e.